The highest BCUT2D eigenvalue weighted by atomic mass is 35.5. The van der Waals surface area contributed by atoms with Crippen LogP contribution in [-0.4, -0.2) is 50.9 Å². The first-order valence-electron chi connectivity index (χ1n) is 12.9. The van der Waals surface area contributed by atoms with Crippen LogP contribution in [0.3, 0.4) is 0 Å². The van der Waals surface area contributed by atoms with Gasteiger partial charge in [-0.05, 0) is 74.4 Å². The lowest BCUT2D eigenvalue weighted by atomic mass is 10.1. The summed E-state index contributed by atoms with van der Waals surface area (Å²) in [6.45, 7) is 5.67. The van der Waals surface area contributed by atoms with Crippen molar-refractivity contribution in [2.45, 2.75) is 44.7 Å². The lowest BCUT2D eigenvalue weighted by molar-refractivity contribution is -0.140. The van der Waals surface area contributed by atoms with Crippen molar-refractivity contribution >= 4 is 50.7 Å². The molecule has 1 atom stereocenters. The molecule has 3 rings (SSSR count). The molecule has 1 N–H and O–H groups in total. The number of sulfonamides is 1. The number of nitrogens with zero attached hydrogens (tertiary/aromatic N) is 2. The van der Waals surface area contributed by atoms with E-state index >= 15 is 0 Å². The molecule has 0 aliphatic rings. The van der Waals surface area contributed by atoms with Crippen molar-refractivity contribution in [1.29, 1.82) is 0 Å². The molecule has 0 spiro atoms. The minimum Gasteiger partial charge on any atom is -0.494 e. The van der Waals surface area contributed by atoms with Crippen molar-refractivity contribution in [3.63, 3.8) is 0 Å². The van der Waals surface area contributed by atoms with E-state index in [0.29, 0.717) is 40.9 Å². The number of benzene rings is 3. The molecule has 0 saturated carbocycles. The van der Waals surface area contributed by atoms with Crippen molar-refractivity contribution in [3.05, 3.63) is 88.4 Å². The molecule has 11 heteroatoms. The Labute approximate surface area is 245 Å². The molecule has 2 amide bonds. The molecule has 0 aromatic heterocycles. The van der Waals surface area contributed by atoms with Crippen LogP contribution in [0.1, 0.15) is 32.8 Å². The molecule has 0 unspecified atom stereocenters. The molecule has 214 valence electrons. The summed E-state index contributed by atoms with van der Waals surface area (Å²) in [5.41, 5.74) is 0.844. The van der Waals surface area contributed by atoms with Gasteiger partial charge in [-0.25, -0.2) is 8.42 Å². The zero-order valence-corrected chi connectivity index (χ0v) is 25.0. The number of anilines is 1. The summed E-state index contributed by atoms with van der Waals surface area (Å²) in [5, 5.41) is 3.53. The molecule has 0 aliphatic heterocycles. The summed E-state index contributed by atoms with van der Waals surface area (Å²) in [6, 6.07) is 18.3. The average Bonchev–Trinajstić information content (AvgIpc) is 2.94. The number of carbonyl (C=O) groups is 2. The third-order valence-corrected chi connectivity index (χ3v) is 8.51. The first-order valence-corrected chi connectivity index (χ1v) is 15.1. The predicted molar refractivity (Wildman–Crippen MR) is 158 cm³/mol. The van der Waals surface area contributed by atoms with E-state index in [1.807, 2.05) is 6.92 Å². The van der Waals surface area contributed by atoms with E-state index in [-0.39, 0.29) is 23.0 Å². The van der Waals surface area contributed by atoms with Crippen LogP contribution in [0.2, 0.25) is 10.0 Å². The number of likely N-dealkylation sites (N-methyl/N-ethyl adjacent to an activating group) is 1. The lowest BCUT2D eigenvalue weighted by Crippen LogP contribution is -2.52. The maximum absolute atomic E-state index is 14.0. The second-order valence-corrected chi connectivity index (χ2v) is 11.5. The third kappa shape index (κ3) is 7.68. The molecule has 3 aromatic rings. The minimum absolute atomic E-state index is 0.0209. The molecule has 0 saturated heterocycles. The number of amides is 2. The van der Waals surface area contributed by atoms with Crippen molar-refractivity contribution in [2.24, 2.45) is 0 Å². The molecule has 0 bridgehead atoms. The van der Waals surface area contributed by atoms with E-state index in [4.69, 9.17) is 27.9 Å². The molecule has 0 aliphatic carbocycles. The van der Waals surface area contributed by atoms with E-state index < -0.39 is 28.5 Å². The minimum atomic E-state index is -4.16. The van der Waals surface area contributed by atoms with Crippen LogP contribution >= 0.6 is 23.2 Å². The van der Waals surface area contributed by atoms with E-state index in [9.17, 15) is 18.0 Å². The Morgan fingerprint density at radius 1 is 0.950 bits per heavy atom. The number of ether oxygens (including phenoxy) is 1. The molecular weight excluding hydrogens is 573 g/mol. The molecule has 0 fully saturated rings. The van der Waals surface area contributed by atoms with Gasteiger partial charge in [0.25, 0.3) is 10.0 Å². The Hall–Kier alpha value is -3.27. The summed E-state index contributed by atoms with van der Waals surface area (Å²) in [7, 11) is -4.16. The number of carbonyl (C=O) groups excluding carboxylic acids is 2. The molecule has 3 aromatic carbocycles. The van der Waals surface area contributed by atoms with Crippen LogP contribution in [0.25, 0.3) is 0 Å². The second-order valence-electron chi connectivity index (χ2n) is 8.83. The second kappa shape index (κ2) is 14.4. The number of halogens is 2. The largest absolute Gasteiger partial charge is 0.494 e. The van der Waals surface area contributed by atoms with Gasteiger partial charge in [0, 0.05) is 23.1 Å². The topological polar surface area (TPSA) is 96.0 Å². The normalized spacial score (nSPS) is 11.9. The Balaban J connectivity index is 2.06. The van der Waals surface area contributed by atoms with Gasteiger partial charge in [-0.15, -0.1) is 0 Å². The van der Waals surface area contributed by atoms with Crippen molar-refractivity contribution in [2.75, 3.05) is 24.0 Å². The summed E-state index contributed by atoms with van der Waals surface area (Å²) in [4.78, 5) is 28.4. The highest BCUT2D eigenvalue weighted by molar-refractivity contribution is 7.92. The van der Waals surface area contributed by atoms with Gasteiger partial charge in [-0.1, -0.05) is 54.4 Å². The molecule has 0 heterocycles. The van der Waals surface area contributed by atoms with Crippen molar-refractivity contribution in [3.8, 4) is 5.75 Å². The number of hydrogen-bond donors (Lipinski definition) is 1. The summed E-state index contributed by atoms with van der Waals surface area (Å²) in [6.07, 6.45) is 0.303. The number of nitrogens with one attached hydrogen (secondary N) is 1. The van der Waals surface area contributed by atoms with Crippen LogP contribution < -0.4 is 14.4 Å². The zero-order chi connectivity index (χ0) is 29.3. The van der Waals surface area contributed by atoms with E-state index in [2.05, 4.69) is 5.32 Å². The van der Waals surface area contributed by atoms with Crippen molar-refractivity contribution in [1.82, 2.24) is 10.2 Å². The van der Waals surface area contributed by atoms with Crippen LogP contribution in [0.15, 0.2) is 77.7 Å². The Morgan fingerprint density at radius 2 is 1.62 bits per heavy atom. The van der Waals surface area contributed by atoms with Gasteiger partial charge < -0.3 is 15.0 Å². The first kappa shape index (κ1) is 31.3. The number of rotatable bonds is 13. The van der Waals surface area contributed by atoms with Gasteiger partial charge >= 0.3 is 0 Å². The first-order chi connectivity index (χ1) is 19.1. The summed E-state index contributed by atoms with van der Waals surface area (Å²) in [5.74, 6) is -0.351. The molecular formula is C29H33Cl2N3O5S. The van der Waals surface area contributed by atoms with Gasteiger partial charge in [0.2, 0.25) is 11.8 Å². The van der Waals surface area contributed by atoms with Gasteiger partial charge in [-0.3, -0.25) is 13.9 Å². The van der Waals surface area contributed by atoms with Crippen molar-refractivity contribution < 1.29 is 22.7 Å². The summed E-state index contributed by atoms with van der Waals surface area (Å²) < 4.78 is 34.2. The van der Waals surface area contributed by atoms with Gasteiger partial charge in [0.05, 0.1) is 17.2 Å². The summed E-state index contributed by atoms with van der Waals surface area (Å²) >= 11 is 12.5. The third-order valence-electron chi connectivity index (χ3n) is 6.14. The molecule has 40 heavy (non-hydrogen) atoms. The maximum atomic E-state index is 14.0. The van der Waals surface area contributed by atoms with Gasteiger partial charge in [-0.2, -0.15) is 0 Å². The van der Waals surface area contributed by atoms with Crippen LogP contribution in [0, 0.1) is 0 Å². The highest BCUT2D eigenvalue weighted by Gasteiger charge is 2.33. The fraction of sp³-hybridized carbons (Fsp3) is 0.310. The van der Waals surface area contributed by atoms with Gasteiger partial charge in [0.15, 0.2) is 0 Å². The fourth-order valence-corrected chi connectivity index (χ4v) is 6.07. The fourth-order valence-electron chi connectivity index (χ4n) is 4.17. The quantitative estimate of drug-likeness (QED) is 0.276. The van der Waals surface area contributed by atoms with Crippen LogP contribution in [-0.2, 0) is 26.2 Å². The molecule has 8 nitrogen and oxygen atoms in total. The predicted octanol–water partition coefficient (Wildman–Crippen LogP) is 5.53. The van der Waals surface area contributed by atoms with E-state index in [0.717, 1.165) is 4.31 Å². The lowest BCUT2D eigenvalue weighted by Gasteiger charge is -2.33. The average molecular weight is 607 g/mol. The molecule has 0 radical (unpaired) electrons. The smallest absolute Gasteiger partial charge is 0.264 e. The SMILES string of the molecule is CCNC(=O)[C@H](CC)N(Cc1ccc(Cl)cc1Cl)C(=O)CN(c1ccc(OCC)cc1)S(=O)(=O)c1ccccc1. The Kier molecular flexibility index (Phi) is 11.2. The Bertz CT molecular complexity index is 1400. The zero-order valence-electron chi connectivity index (χ0n) is 22.6. The van der Waals surface area contributed by atoms with Crippen LogP contribution in [0.5, 0.6) is 5.75 Å². The monoisotopic (exact) mass is 605 g/mol. The van der Waals surface area contributed by atoms with Gasteiger partial charge in [0.1, 0.15) is 18.3 Å². The number of hydrogen-bond acceptors (Lipinski definition) is 5. The standard InChI is InChI=1S/C29H33Cl2N3O5S/c1-4-27(29(36)32-5-2)33(19-21-12-13-22(30)18-26(21)31)28(35)20-34(23-14-16-24(17-15-23)39-6-3)40(37,38)25-10-8-7-9-11-25/h7-18,27H,4-6,19-20H2,1-3H3,(H,32,36)/t27-/m0/s1. The van der Waals surface area contributed by atoms with E-state index in [1.165, 1.54) is 17.0 Å². The van der Waals surface area contributed by atoms with Crippen LogP contribution in [0.4, 0.5) is 5.69 Å². The Morgan fingerprint density at radius 3 is 2.20 bits per heavy atom. The maximum Gasteiger partial charge on any atom is 0.264 e. The van der Waals surface area contributed by atoms with E-state index in [1.54, 1.807) is 74.5 Å². The highest BCUT2D eigenvalue weighted by Crippen LogP contribution is 2.28.